The number of carbonyl (C=O) groups is 1. The fourth-order valence-corrected chi connectivity index (χ4v) is 2.96. The second kappa shape index (κ2) is 7.55. The zero-order valence-electron chi connectivity index (χ0n) is 12.9. The molecule has 1 amide bonds. The Bertz CT molecular complexity index is 454. The van der Waals surface area contributed by atoms with Crippen LogP contribution < -0.4 is 10.6 Å². The third-order valence-corrected chi connectivity index (χ3v) is 4.39. The van der Waals surface area contributed by atoms with Gasteiger partial charge in [0.1, 0.15) is 5.82 Å². The average molecular weight is 292 g/mol. The standard InChI is InChI=1S/C17H25FN2O/c1-12(15-4-3-9-19-11-15)10-17(21)20-13(2)14-5-7-16(18)8-6-14/h5-8,12-13,15,19H,3-4,9-11H2,1-2H3,(H,20,21)/t12?,13-,15?/m0/s1. The molecule has 1 aliphatic heterocycles. The summed E-state index contributed by atoms with van der Waals surface area (Å²) in [6.07, 6.45) is 2.95. The first-order valence-electron chi connectivity index (χ1n) is 7.82. The molecule has 21 heavy (non-hydrogen) atoms. The molecule has 116 valence electrons. The first kappa shape index (κ1) is 16.0. The van der Waals surface area contributed by atoms with E-state index in [1.807, 2.05) is 6.92 Å². The van der Waals surface area contributed by atoms with Crippen LogP contribution in [-0.4, -0.2) is 19.0 Å². The molecule has 1 aromatic carbocycles. The van der Waals surface area contributed by atoms with E-state index in [2.05, 4.69) is 17.6 Å². The van der Waals surface area contributed by atoms with Gasteiger partial charge < -0.3 is 10.6 Å². The first-order valence-corrected chi connectivity index (χ1v) is 7.82. The van der Waals surface area contributed by atoms with Crippen LogP contribution in [0, 0.1) is 17.7 Å². The van der Waals surface area contributed by atoms with Crippen molar-refractivity contribution >= 4 is 5.91 Å². The zero-order chi connectivity index (χ0) is 15.2. The number of hydrogen-bond acceptors (Lipinski definition) is 2. The van der Waals surface area contributed by atoms with Crippen LogP contribution in [-0.2, 0) is 4.79 Å². The summed E-state index contributed by atoms with van der Waals surface area (Å²) in [7, 11) is 0. The van der Waals surface area contributed by atoms with Crippen molar-refractivity contribution in [2.45, 2.75) is 39.2 Å². The third kappa shape index (κ3) is 4.81. The van der Waals surface area contributed by atoms with Crippen molar-refractivity contribution in [2.75, 3.05) is 13.1 Å². The Kier molecular flexibility index (Phi) is 5.74. The molecule has 1 aromatic rings. The van der Waals surface area contributed by atoms with E-state index in [9.17, 15) is 9.18 Å². The lowest BCUT2D eigenvalue weighted by Crippen LogP contribution is -2.36. The van der Waals surface area contributed by atoms with Gasteiger partial charge in [0, 0.05) is 6.42 Å². The molecule has 2 rings (SSSR count). The molecule has 1 fully saturated rings. The van der Waals surface area contributed by atoms with E-state index >= 15 is 0 Å². The molecule has 3 atom stereocenters. The van der Waals surface area contributed by atoms with E-state index in [1.165, 1.54) is 25.0 Å². The van der Waals surface area contributed by atoms with E-state index < -0.39 is 0 Å². The van der Waals surface area contributed by atoms with E-state index in [0.29, 0.717) is 18.3 Å². The Morgan fingerprint density at radius 3 is 2.71 bits per heavy atom. The normalized spacial score (nSPS) is 21.6. The van der Waals surface area contributed by atoms with E-state index in [1.54, 1.807) is 12.1 Å². The summed E-state index contributed by atoms with van der Waals surface area (Å²) in [4.78, 5) is 12.1. The molecular weight excluding hydrogens is 267 g/mol. The van der Waals surface area contributed by atoms with Gasteiger partial charge in [-0.2, -0.15) is 0 Å². The Balaban J connectivity index is 1.81. The summed E-state index contributed by atoms with van der Waals surface area (Å²) >= 11 is 0. The Morgan fingerprint density at radius 2 is 2.10 bits per heavy atom. The minimum absolute atomic E-state index is 0.0740. The minimum Gasteiger partial charge on any atom is -0.350 e. The Labute approximate surface area is 126 Å². The maximum Gasteiger partial charge on any atom is 0.220 e. The van der Waals surface area contributed by atoms with E-state index in [-0.39, 0.29) is 17.8 Å². The minimum atomic E-state index is -0.254. The molecule has 1 aliphatic rings. The first-order chi connectivity index (χ1) is 10.1. The predicted molar refractivity (Wildman–Crippen MR) is 82.3 cm³/mol. The lowest BCUT2D eigenvalue weighted by atomic mass is 9.85. The van der Waals surface area contributed by atoms with Crippen molar-refractivity contribution in [3.8, 4) is 0 Å². The highest BCUT2D eigenvalue weighted by atomic mass is 19.1. The molecule has 0 aromatic heterocycles. The van der Waals surface area contributed by atoms with Gasteiger partial charge in [-0.3, -0.25) is 4.79 Å². The molecule has 0 spiro atoms. The van der Waals surface area contributed by atoms with Crippen LogP contribution in [0.15, 0.2) is 24.3 Å². The fourth-order valence-electron chi connectivity index (χ4n) is 2.96. The van der Waals surface area contributed by atoms with Gasteiger partial charge in [0.15, 0.2) is 0 Å². The number of amides is 1. The summed E-state index contributed by atoms with van der Waals surface area (Å²) < 4.78 is 12.9. The molecule has 2 N–H and O–H groups in total. The summed E-state index contributed by atoms with van der Waals surface area (Å²) in [6, 6.07) is 6.20. The lowest BCUT2D eigenvalue weighted by Gasteiger charge is -2.28. The number of benzene rings is 1. The summed E-state index contributed by atoms with van der Waals surface area (Å²) in [5.41, 5.74) is 0.928. The van der Waals surface area contributed by atoms with Gasteiger partial charge in [0.05, 0.1) is 6.04 Å². The highest BCUT2D eigenvalue weighted by molar-refractivity contribution is 5.76. The van der Waals surface area contributed by atoms with Crippen LogP contribution in [0.25, 0.3) is 0 Å². The summed E-state index contributed by atoms with van der Waals surface area (Å²) in [6.45, 7) is 6.19. The highest BCUT2D eigenvalue weighted by Crippen LogP contribution is 2.23. The summed E-state index contributed by atoms with van der Waals surface area (Å²) in [5.74, 6) is 0.796. The average Bonchev–Trinajstić information content (AvgIpc) is 2.48. The van der Waals surface area contributed by atoms with Crippen LogP contribution in [0.1, 0.15) is 44.7 Å². The van der Waals surface area contributed by atoms with Gasteiger partial charge in [-0.1, -0.05) is 19.1 Å². The number of nitrogens with one attached hydrogen (secondary N) is 2. The predicted octanol–water partition coefficient (Wildman–Crippen LogP) is 3.03. The maximum atomic E-state index is 12.9. The third-order valence-electron chi connectivity index (χ3n) is 4.39. The molecule has 0 aliphatic carbocycles. The number of carbonyl (C=O) groups excluding carboxylic acids is 1. The molecule has 1 saturated heterocycles. The SMILES string of the molecule is CC(CC(=O)N[C@@H](C)c1ccc(F)cc1)C1CCCNC1. The van der Waals surface area contributed by atoms with Crippen LogP contribution in [0.5, 0.6) is 0 Å². The largest absolute Gasteiger partial charge is 0.350 e. The highest BCUT2D eigenvalue weighted by Gasteiger charge is 2.22. The monoisotopic (exact) mass is 292 g/mol. The number of rotatable bonds is 5. The topological polar surface area (TPSA) is 41.1 Å². The van der Waals surface area contributed by atoms with Gasteiger partial charge in [0.25, 0.3) is 0 Å². The van der Waals surface area contributed by atoms with Gasteiger partial charge in [0.2, 0.25) is 5.91 Å². The van der Waals surface area contributed by atoms with Gasteiger partial charge >= 0.3 is 0 Å². The molecule has 0 radical (unpaired) electrons. The van der Waals surface area contributed by atoms with Crippen molar-refractivity contribution in [1.29, 1.82) is 0 Å². The Hall–Kier alpha value is -1.42. The van der Waals surface area contributed by atoms with Gasteiger partial charge in [-0.05, 0) is 62.4 Å². The molecule has 4 heteroatoms. The van der Waals surface area contributed by atoms with Crippen molar-refractivity contribution in [2.24, 2.45) is 11.8 Å². The molecule has 3 nitrogen and oxygen atoms in total. The van der Waals surface area contributed by atoms with Gasteiger partial charge in [-0.25, -0.2) is 4.39 Å². The van der Waals surface area contributed by atoms with Crippen LogP contribution in [0.4, 0.5) is 4.39 Å². The van der Waals surface area contributed by atoms with Gasteiger partial charge in [-0.15, -0.1) is 0 Å². The van der Waals surface area contributed by atoms with Crippen molar-refractivity contribution in [3.63, 3.8) is 0 Å². The molecular formula is C17H25FN2O. The molecule has 0 bridgehead atoms. The number of halogens is 1. The summed E-state index contributed by atoms with van der Waals surface area (Å²) in [5, 5.41) is 6.40. The Morgan fingerprint density at radius 1 is 1.38 bits per heavy atom. The van der Waals surface area contributed by atoms with Crippen molar-refractivity contribution in [3.05, 3.63) is 35.6 Å². The zero-order valence-corrected chi connectivity index (χ0v) is 12.9. The van der Waals surface area contributed by atoms with Crippen LogP contribution in [0.2, 0.25) is 0 Å². The fraction of sp³-hybridized carbons (Fsp3) is 0.588. The lowest BCUT2D eigenvalue weighted by molar-refractivity contribution is -0.123. The number of hydrogen-bond donors (Lipinski definition) is 2. The van der Waals surface area contributed by atoms with Crippen molar-refractivity contribution < 1.29 is 9.18 Å². The van der Waals surface area contributed by atoms with E-state index in [0.717, 1.165) is 18.7 Å². The van der Waals surface area contributed by atoms with Crippen LogP contribution >= 0.6 is 0 Å². The molecule has 1 heterocycles. The maximum absolute atomic E-state index is 12.9. The second-order valence-corrected chi connectivity index (χ2v) is 6.13. The van der Waals surface area contributed by atoms with Crippen molar-refractivity contribution in [1.82, 2.24) is 10.6 Å². The molecule has 2 unspecified atom stereocenters. The second-order valence-electron chi connectivity index (χ2n) is 6.13. The quantitative estimate of drug-likeness (QED) is 0.876. The van der Waals surface area contributed by atoms with E-state index in [4.69, 9.17) is 0 Å². The van der Waals surface area contributed by atoms with Crippen LogP contribution in [0.3, 0.4) is 0 Å². The smallest absolute Gasteiger partial charge is 0.220 e. The number of piperidine rings is 1. The molecule has 0 saturated carbocycles.